The number of unbranched alkanes of at least 4 members (excludes halogenated alkanes) is 2. The summed E-state index contributed by atoms with van der Waals surface area (Å²) in [5, 5.41) is -0.382. The summed E-state index contributed by atoms with van der Waals surface area (Å²) >= 11 is 5.97. The van der Waals surface area contributed by atoms with Gasteiger partial charge in [-0.1, -0.05) is 31.4 Å². The van der Waals surface area contributed by atoms with Gasteiger partial charge in [0.15, 0.2) is 0 Å². The zero-order valence-corrected chi connectivity index (χ0v) is 21.9. The Morgan fingerprint density at radius 3 is 2.57 bits per heavy atom. The summed E-state index contributed by atoms with van der Waals surface area (Å²) in [6.45, 7) is 2.72. The van der Waals surface area contributed by atoms with Crippen LogP contribution in [0.1, 0.15) is 43.7 Å². The lowest BCUT2D eigenvalue weighted by Gasteiger charge is -2.13. The number of nitrogens with zero attached hydrogens (tertiary/aromatic N) is 1. The van der Waals surface area contributed by atoms with E-state index in [-0.39, 0.29) is 22.4 Å². The highest BCUT2D eigenvalue weighted by atomic mass is 35.5. The van der Waals surface area contributed by atoms with Crippen molar-refractivity contribution in [2.45, 2.75) is 38.8 Å². The van der Waals surface area contributed by atoms with Crippen molar-refractivity contribution in [3.63, 3.8) is 0 Å². The van der Waals surface area contributed by atoms with Crippen LogP contribution in [0.5, 0.6) is 17.4 Å². The first-order valence-corrected chi connectivity index (χ1v) is 13.4. The molecule has 0 aliphatic carbocycles. The minimum absolute atomic E-state index is 0.0632. The summed E-state index contributed by atoms with van der Waals surface area (Å²) in [4.78, 5) is 15.9. The van der Waals surface area contributed by atoms with Crippen LogP contribution < -0.4 is 14.2 Å². The van der Waals surface area contributed by atoms with Crippen molar-refractivity contribution in [2.75, 3.05) is 26.1 Å². The number of carbonyl (C=O) groups is 1. The number of amides is 1. The summed E-state index contributed by atoms with van der Waals surface area (Å²) < 4.78 is 81.1. The Kier molecular flexibility index (Phi) is 11.7. The number of hydrogen-bond acceptors (Lipinski definition) is 7. The zero-order valence-electron chi connectivity index (χ0n) is 20.3. The molecular weight excluding hydrogens is 537 g/mol. The van der Waals surface area contributed by atoms with Gasteiger partial charge in [-0.05, 0) is 30.7 Å². The molecule has 0 saturated heterocycles. The highest BCUT2D eigenvalue weighted by molar-refractivity contribution is 7.90. The second-order valence-electron chi connectivity index (χ2n) is 7.83. The molecule has 1 aromatic carbocycles. The Morgan fingerprint density at radius 1 is 1.16 bits per heavy atom. The van der Waals surface area contributed by atoms with E-state index in [0.29, 0.717) is 56.1 Å². The molecule has 1 amide bonds. The molecule has 0 bridgehead atoms. The maximum atomic E-state index is 12.9. The van der Waals surface area contributed by atoms with Gasteiger partial charge >= 0.3 is 6.18 Å². The molecule has 0 unspecified atom stereocenters. The van der Waals surface area contributed by atoms with Crippen LogP contribution in [0.15, 0.2) is 36.5 Å². The van der Waals surface area contributed by atoms with E-state index >= 15 is 0 Å². The SMILES string of the molecule is CCCCCS(=O)(=O)NC(=O)/C=C/c1ccc(OCCCOC)cc1Oc1ncc(C(F)(F)F)cc1Cl. The van der Waals surface area contributed by atoms with E-state index < -0.39 is 27.7 Å². The summed E-state index contributed by atoms with van der Waals surface area (Å²) in [5.41, 5.74) is -0.752. The molecule has 0 saturated carbocycles. The number of carbonyl (C=O) groups excluding carboxylic acids is 1. The molecule has 2 rings (SSSR count). The number of nitrogens with one attached hydrogen (secondary N) is 1. The molecule has 1 N–H and O–H groups in total. The minimum atomic E-state index is -4.64. The van der Waals surface area contributed by atoms with Crippen LogP contribution in [0, 0.1) is 0 Å². The number of pyridine rings is 1. The van der Waals surface area contributed by atoms with E-state index in [1.807, 2.05) is 11.6 Å². The summed E-state index contributed by atoms with van der Waals surface area (Å²) in [6, 6.07) is 5.24. The highest BCUT2D eigenvalue weighted by Gasteiger charge is 2.32. The number of sulfonamides is 1. The lowest BCUT2D eigenvalue weighted by atomic mass is 10.1. The summed E-state index contributed by atoms with van der Waals surface area (Å²) in [5.74, 6) is -0.915. The lowest BCUT2D eigenvalue weighted by Crippen LogP contribution is -2.31. The van der Waals surface area contributed by atoms with Crippen LogP contribution in [-0.4, -0.2) is 45.4 Å². The van der Waals surface area contributed by atoms with Crippen molar-refractivity contribution >= 4 is 33.6 Å². The summed E-state index contributed by atoms with van der Waals surface area (Å²) in [6.07, 6.45) is 0.810. The molecule has 0 radical (unpaired) electrons. The first-order chi connectivity index (χ1) is 17.4. The van der Waals surface area contributed by atoms with Crippen molar-refractivity contribution in [2.24, 2.45) is 0 Å². The highest BCUT2D eigenvalue weighted by Crippen LogP contribution is 2.36. The average Bonchev–Trinajstić information content (AvgIpc) is 2.81. The zero-order chi connectivity index (χ0) is 27.5. The summed E-state index contributed by atoms with van der Waals surface area (Å²) in [7, 11) is -2.24. The molecule has 0 atom stereocenters. The Labute approximate surface area is 218 Å². The Bertz CT molecular complexity index is 1190. The average molecular weight is 565 g/mol. The van der Waals surface area contributed by atoms with Gasteiger partial charge in [0, 0.05) is 44.0 Å². The molecule has 2 aromatic rings. The quantitative estimate of drug-likeness (QED) is 0.235. The van der Waals surface area contributed by atoms with Gasteiger partial charge in [0.25, 0.3) is 5.91 Å². The van der Waals surface area contributed by atoms with Crippen molar-refractivity contribution < 1.29 is 40.6 Å². The maximum absolute atomic E-state index is 12.9. The lowest BCUT2D eigenvalue weighted by molar-refractivity contribution is -0.137. The van der Waals surface area contributed by atoms with Crippen LogP contribution in [0.3, 0.4) is 0 Å². The fourth-order valence-electron chi connectivity index (χ4n) is 2.93. The van der Waals surface area contributed by atoms with Gasteiger partial charge in [0.1, 0.15) is 16.5 Å². The Balaban J connectivity index is 2.27. The second-order valence-corrected chi connectivity index (χ2v) is 10.1. The molecule has 13 heteroatoms. The van der Waals surface area contributed by atoms with Crippen molar-refractivity contribution in [3.05, 3.63) is 52.7 Å². The largest absolute Gasteiger partial charge is 0.493 e. The molecule has 0 fully saturated rings. The van der Waals surface area contributed by atoms with E-state index in [4.69, 9.17) is 25.8 Å². The van der Waals surface area contributed by atoms with Gasteiger partial charge in [-0.15, -0.1) is 0 Å². The number of hydrogen-bond donors (Lipinski definition) is 1. The van der Waals surface area contributed by atoms with Crippen molar-refractivity contribution in [1.82, 2.24) is 9.71 Å². The second kappa shape index (κ2) is 14.2. The third kappa shape index (κ3) is 10.6. The smallest absolute Gasteiger partial charge is 0.417 e. The normalized spacial score (nSPS) is 12.1. The first-order valence-electron chi connectivity index (χ1n) is 11.3. The van der Waals surface area contributed by atoms with Crippen LogP contribution in [0.2, 0.25) is 5.02 Å². The van der Waals surface area contributed by atoms with E-state index in [2.05, 4.69) is 4.98 Å². The van der Waals surface area contributed by atoms with Gasteiger partial charge in [-0.3, -0.25) is 4.79 Å². The van der Waals surface area contributed by atoms with Crippen LogP contribution in [-0.2, 0) is 25.7 Å². The Morgan fingerprint density at radius 2 is 1.92 bits per heavy atom. The van der Waals surface area contributed by atoms with E-state index in [1.54, 1.807) is 13.2 Å². The molecule has 0 aliphatic heterocycles. The van der Waals surface area contributed by atoms with Gasteiger partial charge < -0.3 is 14.2 Å². The maximum Gasteiger partial charge on any atom is 0.417 e. The van der Waals surface area contributed by atoms with E-state index in [0.717, 1.165) is 12.5 Å². The van der Waals surface area contributed by atoms with Crippen LogP contribution in [0.25, 0.3) is 6.08 Å². The molecule has 0 spiro atoms. The topological polar surface area (TPSA) is 104 Å². The molecule has 0 aliphatic rings. The number of aromatic nitrogens is 1. The monoisotopic (exact) mass is 564 g/mol. The predicted octanol–water partition coefficient (Wildman–Crippen LogP) is 5.61. The molecule has 204 valence electrons. The molecule has 1 aromatic heterocycles. The van der Waals surface area contributed by atoms with E-state index in [1.165, 1.54) is 18.2 Å². The minimum Gasteiger partial charge on any atom is -0.493 e. The number of rotatable bonds is 14. The van der Waals surface area contributed by atoms with Crippen molar-refractivity contribution in [3.8, 4) is 17.4 Å². The number of benzene rings is 1. The van der Waals surface area contributed by atoms with Gasteiger partial charge in [0.2, 0.25) is 15.9 Å². The fraction of sp³-hybridized carbons (Fsp3) is 0.417. The number of methoxy groups -OCH3 is 1. The molecule has 37 heavy (non-hydrogen) atoms. The van der Waals surface area contributed by atoms with Crippen molar-refractivity contribution in [1.29, 1.82) is 0 Å². The third-order valence-corrected chi connectivity index (χ3v) is 6.38. The van der Waals surface area contributed by atoms with E-state index in [9.17, 15) is 26.4 Å². The number of ether oxygens (including phenoxy) is 3. The van der Waals surface area contributed by atoms with Gasteiger partial charge in [-0.25, -0.2) is 18.1 Å². The van der Waals surface area contributed by atoms with Crippen LogP contribution in [0.4, 0.5) is 13.2 Å². The van der Waals surface area contributed by atoms with Gasteiger partial charge in [-0.2, -0.15) is 13.2 Å². The van der Waals surface area contributed by atoms with Crippen LogP contribution >= 0.6 is 11.6 Å². The molecule has 1 heterocycles. The predicted molar refractivity (Wildman–Crippen MR) is 133 cm³/mol. The fourth-order valence-corrected chi connectivity index (χ4v) is 4.20. The number of halogens is 4. The molecule has 8 nitrogen and oxygen atoms in total. The number of alkyl halides is 3. The standard InChI is InChI=1S/C24H28ClF3N2O6S/c1-3-4-5-13-37(32,33)30-22(31)10-8-17-7-9-19(35-12-6-11-34-2)15-21(17)36-23-20(25)14-18(16-29-23)24(26,27)28/h7-10,14-16H,3-6,11-13H2,1-2H3,(H,30,31)/b10-8+. The van der Waals surface area contributed by atoms with Gasteiger partial charge in [0.05, 0.1) is 17.9 Å². The first kappa shape index (κ1) is 30.4. The molecular formula is C24H28ClF3N2O6S. The Hall–Kier alpha value is -2.83. The third-order valence-electron chi connectivity index (χ3n) is 4.77.